The van der Waals surface area contributed by atoms with E-state index in [2.05, 4.69) is 11.6 Å². The van der Waals surface area contributed by atoms with Gasteiger partial charge in [-0.1, -0.05) is 97.6 Å². The van der Waals surface area contributed by atoms with Crippen molar-refractivity contribution in [2.75, 3.05) is 0 Å². The number of β-lactam (4-membered cyclic amide) rings is 1. The molecule has 0 N–H and O–H groups in total. The Labute approximate surface area is 204 Å². The monoisotopic (exact) mass is 466 g/mol. The lowest BCUT2D eigenvalue weighted by molar-refractivity contribution is -0.178. The minimum atomic E-state index is -0.968. The summed E-state index contributed by atoms with van der Waals surface area (Å²) in [5, 5.41) is 0. The standard InChI is InChI=1S/C29H26N2O4/c1-19(2)25(29(33)35-26(21-14-8-4-9-15-21)22-16-10-5-11-17-22)31-27(32)24-28(31)34-23(30-24)18-20-12-6-3-7-13-20/h3-17,24-26,28H,1,18H2,2H3/t24-,25+,28-/m0/s1. The molecule has 0 spiro atoms. The van der Waals surface area contributed by atoms with Crippen LogP contribution in [0.25, 0.3) is 0 Å². The zero-order valence-electron chi connectivity index (χ0n) is 19.4. The molecule has 176 valence electrons. The van der Waals surface area contributed by atoms with Gasteiger partial charge in [-0.25, -0.2) is 9.79 Å². The van der Waals surface area contributed by atoms with Crippen molar-refractivity contribution in [3.05, 3.63) is 120 Å². The number of hydrogen-bond donors (Lipinski definition) is 0. The summed E-state index contributed by atoms with van der Waals surface area (Å²) in [7, 11) is 0. The molecule has 0 aliphatic carbocycles. The minimum Gasteiger partial charge on any atom is -0.454 e. The number of likely N-dealkylation sites (tertiary alicyclic amines) is 1. The zero-order valence-corrected chi connectivity index (χ0v) is 19.4. The highest BCUT2D eigenvalue weighted by Crippen LogP contribution is 2.36. The van der Waals surface area contributed by atoms with E-state index in [-0.39, 0.29) is 5.91 Å². The molecule has 3 aromatic rings. The molecule has 2 aliphatic rings. The average molecular weight is 467 g/mol. The van der Waals surface area contributed by atoms with Gasteiger partial charge in [0.15, 0.2) is 24.1 Å². The van der Waals surface area contributed by atoms with Crippen molar-refractivity contribution in [1.29, 1.82) is 0 Å². The quantitative estimate of drug-likeness (QED) is 0.279. The molecule has 0 unspecified atom stereocenters. The van der Waals surface area contributed by atoms with Crippen molar-refractivity contribution in [1.82, 2.24) is 4.90 Å². The summed E-state index contributed by atoms with van der Waals surface area (Å²) in [4.78, 5) is 32.4. The van der Waals surface area contributed by atoms with E-state index in [1.807, 2.05) is 91.0 Å². The Bertz CT molecular complexity index is 1220. The Hall–Kier alpha value is -4.19. The van der Waals surface area contributed by atoms with Crippen LogP contribution in [-0.2, 0) is 25.5 Å². The van der Waals surface area contributed by atoms with E-state index in [1.165, 1.54) is 4.90 Å². The number of fused-ring (bicyclic) bond motifs is 1. The summed E-state index contributed by atoms with van der Waals surface area (Å²) >= 11 is 0. The molecular weight excluding hydrogens is 440 g/mol. The molecule has 6 heteroatoms. The van der Waals surface area contributed by atoms with Gasteiger partial charge in [0.1, 0.15) is 0 Å². The second-order valence-corrected chi connectivity index (χ2v) is 8.77. The fourth-order valence-electron chi connectivity index (χ4n) is 4.48. The molecule has 0 saturated carbocycles. The highest BCUT2D eigenvalue weighted by atomic mass is 16.6. The summed E-state index contributed by atoms with van der Waals surface area (Å²) in [6, 6.07) is 27.3. The van der Waals surface area contributed by atoms with Crippen molar-refractivity contribution in [2.24, 2.45) is 4.99 Å². The highest BCUT2D eigenvalue weighted by molar-refractivity contribution is 5.99. The minimum absolute atomic E-state index is 0.265. The Morgan fingerprint density at radius 3 is 2.06 bits per heavy atom. The molecule has 5 rings (SSSR count). The molecule has 0 radical (unpaired) electrons. The van der Waals surface area contributed by atoms with E-state index in [9.17, 15) is 9.59 Å². The number of nitrogens with zero attached hydrogens (tertiary/aromatic N) is 2. The summed E-state index contributed by atoms with van der Waals surface area (Å²) in [6.07, 6.45) is -0.767. The van der Waals surface area contributed by atoms with Crippen molar-refractivity contribution in [3.8, 4) is 0 Å². The van der Waals surface area contributed by atoms with Crippen LogP contribution >= 0.6 is 0 Å². The van der Waals surface area contributed by atoms with Crippen LogP contribution in [0.2, 0.25) is 0 Å². The van der Waals surface area contributed by atoms with Crippen LogP contribution in [0, 0.1) is 0 Å². The average Bonchev–Trinajstić information content (AvgIpc) is 3.25. The first-order valence-corrected chi connectivity index (χ1v) is 11.6. The van der Waals surface area contributed by atoms with Crippen molar-refractivity contribution in [3.63, 3.8) is 0 Å². The number of rotatable bonds is 8. The predicted octanol–water partition coefficient (Wildman–Crippen LogP) is 4.47. The third-order valence-corrected chi connectivity index (χ3v) is 6.20. The number of carbonyl (C=O) groups excluding carboxylic acids is 2. The maximum absolute atomic E-state index is 13.5. The van der Waals surface area contributed by atoms with E-state index >= 15 is 0 Å². The largest absolute Gasteiger partial charge is 0.454 e. The number of ether oxygens (including phenoxy) is 2. The fraction of sp³-hybridized carbons (Fsp3) is 0.207. The SMILES string of the molecule is C=C(C)[C@H](C(=O)OC(c1ccccc1)c1ccccc1)N1C(=O)[C@@H]2N=C(Cc3ccccc3)O[C@@H]21. The van der Waals surface area contributed by atoms with E-state index in [4.69, 9.17) is 9.47 Å². The van der Waals surface area contributed by atoms with Gasteiger partial charge >= 0.3 is 5.97 Å². The summed E-state index contributed by atoms with van der Waals surface area (Å²) in [6.45, 7) is 5.70. The molecule has 0 aromatic heterocycles. The molecule has 35 heavy (non-hydrogen) atoms. The number of amides is 1. The zero-order chi connectivity index (χ0) is 24.4. The topological polar surface area (TPSA) is 68.2 Å². The van der Waals surface area contributed by atoms with Crippen molar-refractivity contribution in [2.45, 2.75) is 37.8 Å². The fourth-order valence-corrected chi connectivity index (χ4v) is 4.48. The summed E-state index contributed by atoms with van der Waals surface area (Å²) < 4.78 is 12.0. The predicted molar refractivity (Wildman–Crippen MR) is 133 cm³/mol. The smallest absolute Gasteiger partial charge is 0.334 e. The van der Waals surface area contributed by atoms with Crippen LogP contribution in [0.1, 0.15) is 29.7 Å². The van der Waals surface area contributed by atoms with Gasteiger partial charge in [0.05, 0.1) is 0 Å². The third kappa shape index (κ3) is 4.47. The molecule has 2 heterocycles. The normalized spacial score (nSPS) is 19.3. The molecule has 6 nitrogen and oxygen atoms in total. The number of carbonyl (C=O) groups is 2. The Morgan fingerprint density at radius 1 is 0.971 bits per heavy atom. The lowest BCUT2D eigenvalue weighted by Gasteiger charge is -2.44. The van der Waals surface area contributed by atoms with Gasteiger partial charge in [0.25, 0.3) is 5.91 Å². The van der Waals surface area contributed by atoms with Gasteiger partial charge in [-0.3, -0.25) is 9.69 Å². The lowest BCUT2D eigenvalue weighted by atomic mass is 9.97. The number of aliphatic imine (C=N–C) groups is 1. The van der Waals surface area contributed by atoms with Crippen LogP contribution in [0.3, 0.4) is 0 Å². The summed E-state index contributed by atoms with van der Waals surface area (Å²) in [5.74, 6) is -0.330. The first-order chi connectivity index (χ1) is 17.0. The lowest BCUT2D eigenvalue weighted by Crippen LogP contribution is -2.68. The molecule has 1 fully saturated rings. The molecule has 2 aliphatic heterocycles. The molecule has 1 saturated heterocycles. The maximum atomic E-state index is 13.5. The second kappa shape index (κ2) is 9.58. The van der Waals surface area contributed by atoms with Gasteiger partial charge in [-0.15, -0.1) is 0 Å². The number of esters is 1. The molecule has 1 amide bonds. The van der Waals surface area contributed by atoms with Gasteiger partial charge in [0, 0.05) is 6.42 Å². The maximum Gasteiger partial charge on any atom is 0.334 e. The summed E-state index contributed by atoms with van der Waals surface area (Å²) in [5.41, 5.74) is 3.22. The molecule has 3 aromatic carbocycles. The molecular formula is C29H26N2O4. The van der Waals surface area contributed by atoms with Crippen LogP contribution in [-0.4, -0.2) is 41.0 Å². The van der Waals surface area contributed by atoms with Gasteiger partial charge in [0.2, 0.25) is 6.23 Å². The van der Waals surface area contributed by atoms with E-state index in [1.54, 1.807) is 6.92 Å². The first kappa shape index (κ1) is 22.6. The van der Waals surface area contributed by atoms with Crippen LogP contribution in [0.5, 0.6) is 0 Å². The molecule has 0 bridgehead atoms. The van der Waals surface area contributed by atoms with E-state index < -0.39 is 30.4 Å². The number of hydrogen-bond acceptors (Lipinski definition) is 5. The second-order valence-electron chi connectivity index (χ2n) is 8.77. The molecule has 3 atom stereocenters. The van der Waals surface area contributed by atoms with Crippen molar-refractivity contribution < 1.29 is 19.1 Å². The first-order valence-electron chi connectivity index (χ1n) is 11.6. The van der Waals surface area contributed by atoms with Gasteiger partial charge in [-0.05, 0) is 29.2 Å². The Morgan fingerprint density at radius 2 is 1.51 bits per heavy atom. The Balaban J connectivity index is 1.35. The number of benzene rings is 3. The van der Waals surface area contributed by atoms with E-state index in [0.29, 0.717) is 17.9 Å². The Kier molecular flexibility index (Phi) is 6.19. The van der Waals surface area contributed by atoms with Crippen LogP contribution in [0.15, 0.2) is 108 Å². The van der Waals surface area contributed by atoms with Crippen LogP contribution < -0.4 is 0 Å². The van der Waals surface area contributed by atoms with Crippen LogP contribution in [0.4, 0.5) is 0 Å². The third-order valence-electron chi connectivity index (χ3n) is 6.20. The van der Waals surface area contributed by atoms with Crippen molar-refractivity contribution >= 4 is 17.8 Å². The highest BCUT2D eigenvalue weighted by Gasteiger charge is 2.58. The van der Waals surface area contributed by atoms with E-state index in [0.717, 1.165) is 16.7 Å². The van der Waals surface area contributed by atoms with Gasteiger partial charge < -0.3 is 9.47 Å². The van der Waals surface area contributed by atoms with Gasteiger partial charge in [-0.2, -0.15) is 0 Å².